The van der Waals surface area contributed by atoms with Gasteiger partial charge in [0.2, 0.25) is 5.70 Å². The van der Waals surface area contributed by atoms with Gasteiger partial charge in [-0.2, -0.15) is 0 Å². The third kappa shape index (κ3) is 11.9. The van der Waals surface area contributed by atoms with Crippen molar-refractivity contribution in [3.8, 4) is 0 Å². The zero-order valence-electron chi connectivity index (χ0n) is 12.8. The summed E-state index contributed by atoms with van der Waals surface area (Å²) in [4.78, 5) is 20.8. The molecule has 0 radical (unpaired) electrons. The maximum Gasteiger partial charge on any atom is 0.242 e. The van der Waals surface area contributed by atoms with E-state index in [2.05, 4.69) is 6.92 Å². The highest BCUT2D eigenvalue weighted by molar-refractivity contribution is 5.48. The minimum atomic E-state index is -0.230. The van der Waals surface area contributed by atoms with Crippen molar-refractivity contribution >= 4 is 6.29 Å². The molecule has 0 unspecified atom stereocenters. The first-order valence-corrected chi connectivity index (χ1v) is 7.99. The van der Waals surface area contributed by atoms with E-state index in [1.807, 2.05) is 6.08 Å². The largest absolute Gasteiger partial charge is 0.303 e. The Balaban J connectivity index is 3.71. The van der Waals surface area contributed by atoms with Crippen LogP contribution in [0.25, 0.3) is 0 Å². The maximum absolute atomic E-state index is 10.9. The molecule has 0 N–H and O–H groups in total. The van der Waals surface area contributed by atoms with E-state index in [-0.39, 0.29) is 4.92 Å². The minimum Gasteiger partial charge on any atom is -0.303 e. The van der Waals surface area contributed by atoms with Crippen LogP contribution in [-0.2, 0) is 4.79 Å². The average Bonchev–Trinajstić information content (AvgIpc) is 2.43. The van der Waals surface area contributed by atoms with Crippen molar-refractivity contribution in [3.63, 3.8) is 0 Å². The van der Waals surface area contributed by atoms with Crippen LogP contribution in [0.15, 0.2) is 11.8 Å². The van der Waals surface area contributed by atoms with Crippen molar-refractivity contribution in [1.82, 2.24) is 0 Å². The topological polar surface area (TPSA) is 60.2 Å². The first-order chi connectivity index (χ1) is 9.72. The summed E-state index contributed by atoms with van der Waals surface area (Å²) in [5.41, 5.74) is 0.384. The van der Waals surface area contributed by atoms with E-state index in [1.54, 1.807) is 0 Å². The van der Waals surface area contributed by atoms with Gasteiger partial charge in [0.25, 0.3) is 0 Å². The Morgan fingerprint density at radius 2 is 1.55 bits per heavy atom. The van der Waals surface area contributed by atoms with Gasteiger partial charge >= 0.3 is 0 Å². The van der Waals surface area contributed by atoms with E-state index in [0.29, 0.717) is 18.5 Å². The van der Waals surface area contributed by atoms with Crippen molar-refractivity contribution in [2.75, 3.05) is 0 Å². The molecule has 0 rings (SSSR count). The lowest BCUT2D eigenvalue weighted by molar-refractivity contribution is -0.428. The fraction of sp³-hybridized carbons (Fsp3) is 0.812. The van der Waals surface area contributed by atoms with Gasteiger partial charge < -0.3 is 4.79 Å². The summed E-state index contributed by atoms with van der Waals surface area (Å²) in [6.45, 7) is 2.16. The average molecular weight is 283 g/mol. The Hall–Kier alpha value is -1.19. The molecule has 0 amide bonds. The summed E-state index contributed by atoms with van der Waals surface area (Å²) in [6.07, 6.45) is 14.4. The van der Waals surface area contributed by atoms with Gasteiger partial charge in [0, 0.05) is 12.8 Å². The fourth-order valence-corrected chi connectivity index (χ4v) is 2.17. The predicted octanol–water partition coefficient (Wildman–Crippen LogP) is 5.05. The van der Waals surface area contributed by atoms with Crippen LogP contribution in [0.1, 0.15) is 84.0 Å². The molecule has 20 heavy (non-hydrogen) atoms. The number of nitro groups is 1. The van der Waals surface area contributed by atoms with E-state index >= 15 is 0 Å². The summed E-state index contributed by atoms with van der Waals surface area (Å²) >= 11 is 0. The highest BCUT2D eigenvalue weighted by atomic mass is 16.6. The van der Waals surface area contributed by atoms with Gasteiger partial charge in [0.15, 0.2) is 0 Å². The highest BCUT2D eigenvalue weighted by Crippen LogP contribution is 2.14. The third-order valence-electron chi connectivity index (χ3n) is 3.43. The molecule has 0 aliphatic rings. The Morgan fingerprint density at radius 3 is 2.20 bits per heavy atom. The SMILES string of the molecule is CCCCCC/C=C(/CCCCCCCC=O)[N+](=O)[O-]. The van der Waals surface area contributed by atoms with Crippen LogP contribution < -0.4 is 0 Å². The van der Waals surface area contributed by atoms with Gasteiger partial charge in [-0.05, 0) is 31.8 Å². The molecule has 0 aliphatic carbocycles. The molecule has 0 atom stereocenters. The standard InChI is InChI=1S/C16H29NO3/c1-2-3-4-7-10-13-16(17(19)20)14-11-8-5-6-9-12-15-18/h13,15H,2-12,14H2,1H3/b16-13-. The molecule has 0 spiro atoms. The quantitative estimate of drug-likeness (QED) is 0.194. The predicted molar refractivity (Wildman–Crippen MR) is 82.2 cm³/mol. The van der Waals surface area contributed by atoms with E-state index in [4.69, 9.17) is 0 Å². The number of rotatable bonds is 14. The third-order valence-corrected chi connectivity index (χ3v) is 3.43. The number of aldehydes is 1. The van der Waals surface area contributed by atoms with Crippen molar-refractivity contribution in [1.29, 1.82) is 0 Å². The lowest BCUT2D eigenvalue weighted by Crippen LogP contribution is -1.99. The molecule has 0 heterocycles. The van der Waals surface area contributed by atoms with Crippen molar-refractivity contribution in [2.45, 2.75) is 84.0 Å². The highest BCUT2D eigenvalue weighted by Gasteiger charge is 2.09. The number of hydrogen-bond donors (Lipinski definition) is 0. The van der Waals surface area contributed by atoms with Crippen LogP contribution in [-0.4, -0.2) is 11.2 Å². The van der Waals surface area contributed by atoms with Gasteiger partial charge in [0.05, 0.1) is 4.92 Å². The summed E-state index contributed by atoms with van der Waals surface area (Å²) in [5.74, 6) is 0. The fourth-order valence-electron chi connectivity index (χ4n) is 2.17. The van der Waals surface area contributed by atoms with Gasteiger partial charge in [0.1, 0.15) is 6.29 Å². The zero-order valence-corrected chi connectivity index (χ0v) is 12.8. The monoisotopic (exact) mass is 283 g/mol. The molecule has 0 aliphatic heterocycles. The second-order valence-electron chi connectivity index (χ2n) is 5.28. The number of unbranched alkanes of at least 4 members (excludes halogenated alkanes) is 9. The zero-order chi connectivity index (χ0) is 15.1. The molecule has 0 bridgehead atoms. The second-order valence-corrected chi connectivity index (χ2v) is 5.28. The first kappa shape index (κ1) is 18.8. The molecule has 4 heteroatoms. The molecular weight excluding hydrogens is 254 g/mol. The first-order valence-electron chi connectivity index (χ1n) is 7.99. The lowest BCUT2D eigenvalue weighted by atomic mass is 10.1. The van der Waals surface area contributed by atoms with E-state index in [9.17, 15) is 14.9 Å². The van der Waals surface area contributed by atoms with Gasteiger partial charge in [-0.15, -0.1) is 0 Å². The van der Waals surface area contributed by atoms with Crippen molar-refractivity contribution in [2.24, 2.45) is 0 Å². The Labute approximate surface area is 122 Å². The summed E-state index contributed by atoms with van der Waals surface area (Å²) in [7, 11) is 0. The number of carbonyl (C=O) groups is 1. The number of nitrogens with zero attached hydrogens (tertiary/aromatic N) is 1. The molecule has 0 fully saturated rings. The van der Waals surface area contributed by atoms with Crippen molar-refractivity contribution in [3.05, 3.63) is 21.9 Å². The molecule has 116 valence electrons. The normalized spacial score (nSPS) is 11.6. The van der Waals surface area contributed by atoms with E-state index in [1.165, 1.54) is 12.8 Å². The van der Waals surface area contributed by atoms with Crippen LogP contribution in [0.5, 0.6) is 0 Å². The number of hydrogen-bond acceptors (Lipinski definition) is 3. The molecule has 0 aromatic carbocycles. The molecule has 4 nitrogen and oxygen atoms in total. The second kappa shape index (κ2) is 14.2. The maximum atomic E-state index is 10.9. The molecule has 0 saturated heterocycles. The number of carbonyl (C=O) groups excluding carboxylic acids is 1. The summed E-state index contributed by atoms with van der Waals surface area (Å²) < 4.78 is 0. The Morgan fingerprint density at radius 1 is 0.950 bits per heavy atom. The Bertz CT molecular complexity index is 287. The van der Waals surface area contributed by atoms with Crippen molar-refractivity contribution < 1.29 is 9.72 Å². The number of allylic oxidation sites excluding steroid dienone is 2. The molecule has 0 aromatic heterocycles. The van der Waals surface area contributed by atoms with Crippen LogP contribution in [0.4, 0.5) is 0 Å². The van der Waals surface area contributed by atoms with Gasteiger partial charge in [-0.3, -0.25) is 10.1 Å². The molecule has 0 saturated carbocycles. The van der Waals surface area contributed by atoms with Crippen LogP contribution in [0, 0.1) is 10.1 Å². The van der Waals surface area contributed by atoms with Crippen LogP contribution in [0.3, 0.4) is 0 Å². The van der Waals surface area contributed by atoms with E-state index < -0.39 is 0 Å². The van der Waals surface area contributed by atoms with Crippen LogP contribution >= 0.6 is 0 Å². The summed E-state index contributed by atoms with van der Waals surface area (Å²) in [6, 6.07) is 0. The van der Waals surface area contributed by atoms with Gasteiger partial charge in [-0.1, -0.05) is 45.4 Å². The molecular formula is C16H29NO3. The lowest BCUT2D eigenvalue weighted by Gasteiger charge is -2.01. The minimum absolute atomic E-state index is 0.230. The van der Waals surface area contributed by atoms with Crippen LogP contribution in [0.2, 0.25) is 0 Å². The summed E-state index contributed by atoms with van der Waals surface area (Å²) in [5, 5.41) is 10.9. The Kier molecular flexibility index (Phi) is 13.4. The van der Waals surface area contributed by atoms with E-state index in [0.717, 1.165) is 57.7 Å². The van der Waals surface area contributed by atoms with Gasteiger partial charge in [-0.25, -0.2) is 0 Å². The smallest absolute Gasteiger partial charge is 0.242 e. The molecule has 0 aromatic rings.